The SMILES string of the molecule is CC(C)C(O)CC(=O)NCc1ccc(COc2ccccc2)cc1. The van der Waals surface area contributed by atoms with Gasteiger partial charge in [0.25, 0.3) is 0 Å². The van der Waals surface area contributed by atoms with Crippen molar-refractivity contribution >= 4 is 5.91 Å². The van der Waals surface area contributed by atoms with Gasteiger partial charge in [0.1, 0.15) is 12.4 Å². The lowest BCUT2D eigenvalue weighted by molar-refractivity contribution is -0.123. The van der Waals surface area contributed by atoms with Crippen LogP contribution in [0.5, 0.6) is 5.75 Å². The van der Waals surface area contributed by atoms with Gasteiger partial charge in [0.2, 0.25) is 5.91 Å². The molecular formula is C20H25NO3. The van der Waals surface area contributed by atoms with Crippen LogP contribution in [0, 0.1) is 5.92 Å². The molecule has 2 N–H and O–H groups in total. The minimum absolute atomic E-state index is 0.0830. The highest BCUT2D eigenvalue weighted by atomic mass is 16.5. The molecule has 2 aromatic carbocycles. The summed E-state index contributed by atoms with van der Waals surface area (Å²) >= 11 is 0. The number of aliphatic hydroxyl groups excluding tert-OH is 1. The molecule has 0 fully saturated rings. The normalized spacial score (nSPS) is 12.0. The van der Waals surface area contributed by atoms with Crippen molar-refractivity contribution in [3.63, 3.8) is 0 Å². The smallest absolute Gasteiger partial charge is 0.222 e. The number of para-hydroxylation sites is 1. The van der Waals surface area contributed by atoms with E-state index in [1.165, 1.54) is 0 Å². The van der Waals surface area contributed by atoms with Crippen LogP contribution in [0.15, 0.2) is 54.6 Å². The second-order valence-corrected chi connectivity index (χ2v) is 6.21. The van der Waals surface area contributed by atoms with Crippen molar-refractivity contribution in [3.8, 4) is 5.75 Å². The molecule has 0 aromatic heterocycles. The topological polar surface area (TPSA) is 58.6 Å². The highest BCUT2D eigenvalue weighted by molar-refractivity contribution is 5.76. The van der Waals surface area contributed by atoms with Crippen LogP contribution in [0.25, 0.3) is 0 Å². The summed E-state index contributed by atoms with van der Waals surface area (Å²) in [6, 6.07) is 17.6. The number of aliphatic hydroxyl groups is 1. The van der Waals surface area contributed by atoms with Gasteiger partial charge >= 0.3 is 0 Å². The zero-order valence-corrected chi connectivity index (χ0v) is 14.2. The molecule has 1 atom stereocenters. The first kappa shape index (κ1) is 18.0. The third-order valence-electron chi connectivity index (χ3n) is 3.83. The number of carbonyl (C=O) groups excluding carboxylic acids is 1. The number of nitrogens with one attached hydrogen (secondary N) is 1. The van der Waals surface area contributed by atoms with Gasteiger partial charge in [-0.25, -0.2) is 0 Å². The summed E-state index contributed by atoms with van der Waals surface area (Å²) in [5, 5.41) is 12.5. The van der Waals surface area contributed by atoms with Crippen LogP contribution in [0.1, 0.15) is 31.4 Å². The molecule has 0 aliphatic rings. The van der Waals surface area contributed by atoms with Crippen LogP contribution in [-0.2, 0) is 17.9 Å². The van der Waals surface area contributed by atoms with Crippen LogP contribution >= 0.6 is 0 Å². The monoisotopic (exact) mass is 327 g/mol. The first-order chi connectivity index (χ1) is 11.5. The molecule has 4 heteroatoms. The summed E-state index contributed by atoms with van der Waals surface area (Å²) in [5.41, 5.74) is 2.09. The Labute approximate surface area is 143 Å². The summed E-state index contributed by atoms with van der Waals surface area (Å²) in [5.74, 6) is 0.796. The Bertz CT molecular complexity index is 623. The van der Waals surface area contributed by atoms with Gasteiger partial charge in [-0.3, -0.25) is 4.79 Å². The van der Waals surface area contributed by atoms with Gasteiger partial charge in [-0.15, -0.1) is 0 Å². The summed E-state index contributed by atoms with van der Waals surface area (Å²) < 4.78 is 5.70. The van der Waals surface area contributed by atoms with Crippen molar-refractivity contribution in [2.75, 3.05) is 0 Å². The first-order valence-electron chi connectivity index (χ1n) is 8.25. The average molecular weight is 327 g/mol. The Morgan fingerprint density at radius 2 is 1.67 bits per heavy atom. The fourth-order valence-electron chi connectivity index (χ4n) is 2.14. The molecule has 4 nitrogen and oxygen atoms in total. The molecule has 0 heterocycles. The highest BCUT2D eigenvalue weighted by Gasteiger charge is 2.13. The molecule has 128 valence electrons. The maximum absolute atomic E-state index is 11.8. The third kappa shape index (κ3) is 6.05. The van der Waals surface area contributed by atoms with Crippen LogP contribution in [0.4, 0.5) is 0 Å². The van der Waals surface area contributed by atoms with E-state index in [0.29, 0.717) is 13.2 Å². The number of ether oxygens (including phenoxy) is 1. The summed E-state index contributed by atoms with van der Waals surface area (Å²) in [7, 11) is 0. The molecule has 1 unspecified atom stereocenters. The van der Waals surface area contributed by atoms with Crippen molar-refractivity contribution < 1.29 is 14.6 Å². The molecule has 0 spiro atoms. The first-order valence-corrected chi connectivity index (χ1v) is 8.25. The van der Waals surface area contributed by atoms with E-state index in [1.54, 1.807) is 0 Å². The van der Waals surface area contributed by atoms with E-state index in [9.17, 15) is 9.90 Å². The molecule has 0 aliphatic heterocycles. The van der Waals surface area contributed by atoms with Gasteiger partial charge in [-0.2, -0.15) is 0 Å². The molecule has 2 aromatic rings. The summed E-state index contributed by atoms with van der Waals surface area (Å²) in [6.07, 6.45) is -0.455. The van der Waals surface area contributed by atoms with E-state index >= 15 is 0 Å². The van der Waals surface area contributed by atoms with Gasteiger partial charge < -0.3 is 15.2 Å². The predicted molar refractivity (Wildman–Crippen MR) is 94.5 cm³/mol. The van der Waals surface area contributed by atoms with Gasteiger partial charge in [-0.05, 0) is 29.2 Å². The average Bonchev–Trinajstić information content (AvgIpc) is 2.60. The van der Waals surface area contributed by atoms with Crippen molar-refractivity contribution in [1.29, 1.82) is 0 Å². The molecule has 0 aliphatic carbocycles. The molecule has 2 rings (SSSR count). The van der Waals surface area contributed by atoms with Gasteiger partial charge in [0.05, 0.1) is 12.5 Å². The molecule has 0 saturated heterocycles. The quantitative estimate of drug-likeness (QED) is 0.782. The maximum Gasteiger partial charge on any atom is 0.222 e. The van der Waals surface area contributed by atoms with E-state index in [2.05, 4.69) is 5.32 Å². The Balaban J connectivity index is 1.76. The van der Waals surface area contributed by atoms with E-state index in [1.807, 2.05) is 68.4 Å². The van der Waals surface area contributed by atoms with Crippen LogP contribution < -0.4 is 10.1 Å². The van der Waals surface area contributed by atoms with Crippen molar-refractivity contribution in [2.45, 2.75) is 39.5 Å². The van der Waals surface area contributed by atoms with E-state index < -0.39 is 6.10 Å². The van der Waals surface area contributed by atoms with Crippen molar-refractivity contribution in [2.24, 2.45) is 5.92 Å². The second-order valence-electron chi connectivity index (χ2n) is 6.21. The maximum atomic E-state index is 11.8. The van der Waals surface area contributed by atoms with Gasteiger partial charge in [-0.1, -0.05) is 56.3 Å². The Morgan fingerprint density at radius 3 is 2.29 bits per heavy atom. The summed E-state index contributed by atoms with van der Waals surface area (Å²) in [4.78, 5) is 11.8. The van der Waals surface area contributed by atoms with E-state index in [0.717, 1.165) is 16.9 Å². The number of hydrogen-bond donors (Lipinski definition) is 2. The summed E-state index contributed by atoms with van der Waals surface area (Å²) in [6.45, 7) is 4.77. The van der Waals surface area contributed by atoms with Crippen LogP contribution in [-0.4, -0.2) is 17.1 Å². The standard InChI is InChI=1S/C20H25NO3/c1-15(2)19(22)12-20(23)21-13-16-8-10-17(11-9-16)14-24-18-6-4-3-5-7-18/h3-11,15,19,22H,12-14H2,1-2H3,(H,21,23). The number of hydrogen-bond acceptors (Lipinski definition) is 3. The lowest BCUT2D eigenvalue weighted by atomic mass is 10.0. The van der Waals surface area contributed by atoms with Gasteiger partial charge in [0.15, 0.2) is 0 Å². The zero-order chi connectivity index (χ0) is 17.4. The fraction of sp³-hybridized carbons (Fsp3) is 0.350. The predicted octanol–water partition coefficient (Wildman–Crippen LogP) is 3.29. The lowest BCUT2D eigenvalue weighted by Gasteiger charge is -2.14. The largest absolute Gasteiger partial charge is 0.489 e. The minimum atomic E-state index is -0.595. The molecule has 0 bridgehead atoms. The van der Waals surface area contributed by atoms with Crippen molar-refractivity contribution in [3.05, 3.63) is 65.7 Å². The third-order valence-corrected chi connectivity index (χ3v) is 3.83. The highest BCUT2D eigenvalue weighted by Crippen LogP contribution is 2.12. The second kappa shape index (κ2) is 9.08. The molecular weight excluding hydrogens is 302 g/mol. The Hall–Kier alpha value is -2.33. The number of rotatable bonds is 8. The number of carbonyl (C=O) groups is 1. The fourth-order valence-corrected chi connectivity index (χ4v) is 2.14. The van der Waals surface area contributed by atoms with Gasteiger partial charge in [0, 0.05) is 6.54 Å². The van der Waals surface area contributed by atoms with Crippen LogP contribution in [0.3, 0.4) is 0 Å². The zero-order valence-electron chi connectivity index (χ0n) is 14.2. The van der Waals surface area contributed by atoms with E-state index in [-0.39, 0.29) is 18.2 Å². The van der Waals surface area contributed by atoms with E-state index in [4.69, 9.17) is 4.74 Å². The Kier molecular flexibility index (Phi) is 6.82. The molecule has 1 amide bonds. The lowest BCUT2D eigenvalue weighted by Crippen LogP contribution is -2.29. The molecule has 0 saturated carbocycles. The number of benzene rings is 2. The van der Waals surface area contributed by atoms with Crippen molar-refractivity contribution in [1.82, 2.24) is 5.32 Å². The molecule has 24 heavy (non-hydrogen) atoms. The van der Waals surface area contributed by atoms with Crippen LogP contribution in [0.2, 0.25) is 0 Å². The minimum Gasteiger partial charge on any atom is -0.489 e. The Morgan fingerprint density at radius 1 is 1.04 bits per heavy atom. The molecule has 0 radical (unpaired) electrons. The number of amides is 1.